The van der Waals surface area contributed by atoms with Gasteiger partial charge in [-0.1, -0.05) is 32.2 Å². The molecule has 0 aliphatic carbocycles. The van der Waals surface area contributed by atoms with Crippen LogP contribution >= 0.6 is 43.2 Å². The molecule has 40 heavy (non-hydrogen) atoms. The molecule has 0 saturated carbocycles. The summed E-state index contributed by atoms with van der Waals surface area (Å²) in [5, 5.41) is 2.30. The van der Waals surface area contributed by atoms with E-state index in [2.05, 4.69) is 84.2 Å². The average molecular weight is 778 g/mol. The van der Waals surface area contributed by atoms with Crippen LogP contribution in [0.4, 0.5) is 0 Å². The molecule has 224 valence electrons. The van der Waals surface area contributed by atoms with Crippen molar-refractivity contribution in [3.8, 4) is 0 Å². The van der Waals surface area contributed by atoms with Gasteiger partial charge in [0.1, 0.15) is 0 Å². The van der Waals surface area contributed by atoms with Gasteiger partial charge in [0.25, 0.3) is 0 Å². The van der Waals surface area contributed by atoms with Crippen molar-refractivity contribution < 1.29 is 41.0 Å². The number of hydrogen-bond acceptors (Lipinski definition) is 8. The molecule has 3 fully saturated rings. The van der Waals surface area contributed by atoms with Crippen LogP contribution in [0.15, 0.2) is 36.4 Å². The van der Waals surface area contributed by atoms with Crippen molar-refractivity contribution in [1.29, 1.82) is 0 Å². The van der Waals surface area contributed by atoms with Gasteiger partial charge >= 0.3 is 17.1 Å². The van der Waals surface area contributed by atoms with Gasteiger partial charge in [-0.15, -0.1) is 0 Å². The van der Waals surface area contributed by atoms with Crippen molar-refractivity contribution in [2.75, 3.05) is 92.6 Å². The molecule has 11 heteroatoms. The van der Waals surface area contributed by atoms with Crippen LogP contribution in [0.25, 0.3) is 21.8 Å². The molecule has 3 saturated heterocycles. The number of hydrogen-bond donors (Lipinski definition) is 0. The maximum atomic E-state index is 4.58. The van der Waals surface area contributed by atoms with E-state index in [4.69, 9.17) is 0 Å². The number of nitrogens with zero attached hydrogens (tertiary/aromatic N) is 5. The van der Waals surface area contributed by atoms with E-state index in [1.54, 1.807) is 0 Å². The van der Waals surface area contributed by atoms with Gasteiger partial charge in [0.15, 0.2) is 0 Å². The smallest absolute Gasteiger partial charge is 1.00 e. The van der Waals surface area contributed by atoms with E-state index in [1.165, 1.54) is 92.6 Å². The molecule has 0 unspecified atom stereocenters. The maximum Gasteiger partial charge on any atom is 1.00 e. The summed E-state index contributed by atoms with van der Waals surface area (Å²) in [7, 11) is 0.121. The number of benzene rings is 1. The first-order valence-electron chi connectivity index (χ1n) is 13.9. The first-order chi connectivity index (χ1) is 18.6. The monoisotopic (exact) mass is 777 g/mol. The third-order valence-electron chi connectivity index (χ3n) is 7.31. The largest absolute Gasteiger partial charge is 1.00 e. The van der Waals surface area contributed by atoms with Gasteiger partial charge in [-0.2, -0.15) is 35.3 Å². The Bertz CT molecular complexity index is 1070. The van der Waals surface area contributed by atoms with Crippen LogP contribution in [0.3, 0.4) is 0 Å². The van der Waals surface area contributed by atoms with Crippen LogP contribution in [-0.2, 0) is 17.1 Å². The fourth-order valence-corrected chi connectivity index (χ4v) is 10.9. The molecular formula is C29H42CuIN5PS3. The van der Waals surface area contributed by atoms with Crippen LogP contribution in [0, 0.1) is 13.8 Å². The molecule has 1 aromatic carbocycles. The molecule has 0 radical (unpaired) electrons. The average Bonchev–Trinajstić information content (AvgIpc) is 2.95. The Morgan fingerprint density at radius 1 is 0.575 bits per heavy atom. The molecule has 0 N–H and O–H groups in total. The predicted molar refractivity (Wildman–Crippen MR) is 175 cm³/mol. The zero-order valence-corrected chi connectivity index (χ0v) is 30.1. The van der Waals surface area contributed by atoms with Gasteiger partial charge in [0.2, 0.25) is 0 Å². The molecule has 6 rings (SSSR count). The van der Waals surface area contributed by atoms with Crippen molar-refractivity contribution >= 4 is 65.0 Å². The quantitative estimate of drug-likeness (QED) is 0.164. The fourth-order valence-electron chi connectivity index (χ4n) is 5.17. The van der Waals surface area contributed by atoms with Crippen LogP contribution in [-0.4, -0.2) is 117 Å². The van der Waals surface area contributed by atoms with E-state index in [0.29, 0.717) is 0 Å². The second-order valence-corrected chi connectivity index (χ2v) is 16.3. The van der Waals surface area contributed by atoms with Crippen molar-refractivity contribution in [1.82, 2.24) is 24.7 Å². The molecule has 0 atom stereocenters. The van der Waals surface area contributed by atoms with E-state index < -0.39 is 0 Å². The number of aryl methyl sites for hydroxylation is 2. The molecule has 3 aliphatic rings. The van der Waals surface area contributed by atoms with Crippen LogP contribution in [0.5, 0.6) is 0 Å². The van der Waals surface area contributed by atoms with Crippen molar-refractivity contribution in [3.63, 3.8) is 0 Å². The number of rotatable bonds is 6. The van der Waals surface area contributed by atoms with Crippen molar-refractivity contribution in [3.05, 3.63) is 47.8 Å². The molecule has 5 nitrogen and oxygen atoms in total. The SMILES string of the molecule is C1CN(CP(CN2CCSCC2)CN2CCSCC2)CCS1.Cc1ccc2ccc3ccc(C)nc3c2n1.[Cu+].[I-]. The molecule has 0 spiro atoms. The first-order valence-corrected chi connectivity index (χ1v) is 19.3. The minimum absolute atomic E-state index is 0. The molecule has 0 bridgehead atoms. The molecule has 2 aromatic heterocycles. The van der Waals surface area contributed by atoms with E-state index in [9.17, 15) is 0 Å². The van der Waals surface area contributed by atoms with Crippen molar-refractivity contribution in [2.24, 2.45) is 0 Å². The first kappa shape index (κ1) is 35.1. The van der Waals surface area contributed by atoms with Gasteiger partial charge < -0.3 is 24.0 Å². The van der Waals surface area contributed by atoms with Crippen molar-refractivity contribution in [2.45, 2.75) is 13.8 Å². The summed E-state index contributed by atoms with van der Waals surface area (Å²) in [6.45, 7) is 12.0. The third-order valence-corrected chi connectivity index (χ3v) is 12.5. The number of halogens is 1. The fraction of sp³-hybridized carbons (Fsp3) is 0.586. The Labute approximate surface area is 282 Å². The van der Waals surface area contributed by atoms with E-state index >= 15 is 0 Å². The summed E-state index contributed by atoms with van der Waals surface area (Å²) < 4.78 is 0. The van der Waals surface area contributed by atoms with Gasteiger partial charge in [0.05, 0.1) is 11.0 Å². The van der Waals surface area contributed by atoms with Gasteiger partial charge in [-0.25, -0.2) is 0 Å². The normalized spacial score (nSPS) is 19.1. The number of thioether (sulfide) groups is 3. The van der Waals surface area contributed by atoms with Crippen LogP contribution in [0.2, 0.25) is 0 Å². The Morgan fingerprint density at radius 3 is 1.20 bits per heavy atom. The zero-order chi connectivity index (χ0) is 26.2. The zero-order valence-electron chi connectivity index (χ0n) is 23.7. The van der Waals surface area contributed by atoms with Crippen LogP contribution < -0.4 is 24.0 Å². The summed E-state index contributed by atoms with van der Waals surface area (Å²) in [6.07, 6.45) is 4.18. The molecular weight excluding hydrogens is 736 g/mol. The standard InChI is InChI=1S/C15H30N3PS3.C14H12N2.Cu.HI/c1-7-20-8-2-16(1)13-19(14-17-3-9-21-10-4-17)15-18-5-11-22-12-6-18;1-9-3-5-11-7-8-12-6-4-10(2)16-14(12)13(11)15-9;;/h1-15H2;3-8H,1-2H3;;1H/q;;+1;/p-1. The number of pyridine rings is 2. The summed E-state index contributed by atoms with van der Waals surface area (Å²) in [6, 6.07) is 12.5. The maximum absolute atomic E-state index is 4.58. The Kier molecular flexibility index (Phi) is 16.2. The van der Waals surface area contributed by atoms with Gasteiger partial charge in [0, 0.05) is 115 Å². The molecule has 3 aliphatic heterocycles. The van der Waals surface area contributed by atoms with E-state index in [1.807, 2.05) is 26.0 Å². The predicted octanol–water partition coefficient (Wildman–Crippen LogP) is 2.89. The van der Waals surface area contributed by atoms with E-state index in [-0.39, 0.29) is 49.0 Å². The number of fused-ring (bicyclic) bond motifs is 3. The molecule has 5 heterocycles. The van der Waals surface area contributed by atoms with E-state index in [0.717, 1.165) is 33.2 Å². The minimum atomic E-state index is 0. The Hall–Kier alpha value is 0.649. The summed E-state index contributed by atoms with van der Waals surface area (Å²) in [4.78, 5) is 17.5. The Balaban J connectivity index is 0.000000219. The minimum Gasteiger partial charge on any atom is -1.00 e. The third kappa shape index (κ3) is 10.7. The Morgan fingerprint density at radius 2 is 0.875 bits per heavy atom. The summed E-state index contributed by atoms with van der Waals surface area (Å²) >= 11 is 6.41. The van der Waals surface area contributed by atoms with Crippen LogP contribution in [0.1, 0.15) is 11.4 Å². The number of aromatic nitrogens is 2. The summed E-state index contributed by atoms with van der Waals surface area (Å²) in [5.41, 5.74) is 4.06. The van der Waals surface area contributed by atoms with Gasteiger partial charge in [-0.3, -0.25) is 24.7 Å². The second-order valence-electron chi connectivity index (χ2n) is 10.4. The molecule has 0 amide bonds. The topological polar surface area (TPSA) is 35.5 Å². The van der Waals surface area contributed by atoms with Gasteiger partial charge in [-0.05, 0) is 26.0 Å². The molecule has 3 aromatic rings. The summed E-state index contributed by atoms with van der Waals surface area (Å²) in [5.74, 6) is 8.11. The second kappa shape index (κ2) is 18.5.